The summed E-state index contributed by atoms with van der Waals surface area (Å²) in [6, 6.07) is 6.22. The van der Waals surface area contributed by atoms with Gasteiger partial charge in [-0.15, -0.1) is 11.3 Å². The van der Waals surface area contributed by atoms with Crippen LogP contribution >= 0.6 is 11.3 Å². The number of pyridine rings is 1. The number of nitrogens with one attached hydrogen (secondary N) is 1. The van der Waals surface area contributed by atoms with Crippen molar-refractivity contribution in [1.29, 1.82) is 0 Å². The highest BCUT2D eigenvalue weighted by Crippen LogP contribution is 2.35. The van der Waals surface area contributed by atoms with E-state index in [2.05, 4.69) is 21.7 Å². The smallest absolute Gasteiger partial charge is 0.149 e. The second kappa shape index (κ2) is 4.49. The van der Waals surface area contributed by atoms with E-state index in [0.717, 1.165) is 12.2 Å². The van der Waals surface area contributed by atoms with Crippen LogP contribution in [-0.2, 0) is 6.42 Å². The zero-order valence-corrected chi connectivity index (χ0v) is 10.8. The molecule has 0 saturated heterocycles. The number of hydrogen-bond acceptors (Lipinski definition) is 5. The molecule has 0 saturated carbocycles. The largest absolute Gasteiger partial charge is 0.396 e. The molecule has 0 fully saturated rings. The quantitative estimate of drug-likeness (QED) is 0.776. The van der Waals surface area contributed by atoms with Crippen molar-refractivity contribution in [3.8, 4) is 0 Å². The summed E-state index contributed by atoms with van der Waals surface area (Å²) in [6.07, 6.45) is 3.55. The van der Waals surface area contributed by atoms with Gasteiger partial charge in [0.15, 0.2) is 0 Å². The molecule has 4 nitrogen and oxygen atoms in total. The van der Waals surface area contributed by atoms with Crippen molar-refractivity contribution in [2.75, 3.05) is 16.8 Å². The van der Waals surface area contributed by atoms with E-state index < -0.39 is 0 Å². The Morgan fingerprint density at radius 2 is 2.17 bits per heavy atom. The summed E-state index contributed by atoms with van der Waals surface area (Å²) < 4.78 is 0. The lowest BCUT2D eigenvalue weighted by Crippen LogP contribution is -2.16. The highest BCUT2D eigenvalue weighted by atomic mass is 32.1. The van der Waals surface area contributed by atoms with E-state index in [4.69, 9.17) is 11.5 Å². The normalized spacial score (nSPS) is 18.3. The van der Waals surface area contributed by atoms with Crippen LogP contribution in [0.1, 0.15) is 29.3 Å². The average Bonchev–Trinajstić information content (AvgIpc) is 2.83. The molecule has 5 heteroatoms. The molecule has 2 aromatic rings. The minimum atomic E-state index is 0.343. The molecule has 1 aliphatic rings. The molecule has 1 atom stereocenters. The highest BCUT2D eigenvalue weighted by Gasteiger charge is 2.21. The van der Waals surface area contributed by atoms with Gasteiger partial charge in [-0.25, -0.2) is 4.98 Å². The maximum atomic E-state index is 5.73. The van der Waals surface area contributed by atoms with Crippen molar-refractivity contribution < 1.29 is 0 Å². The molecule has 0 amide bonds. The minimum Gasteiger partial charge on any atom is -0.396 e. The van der Waals surface area contributed by atoms with Crippen LogP contribution in [0, 0.1) is 0 Å². The van der Waals surface area contributed by atoms with E-state index in [1.54, 1.807) is 6.07 Å². The van der Waals surface area contributed by atoms with E-state index in [-0.39, 0.29) is 0 Å². The van der Waals surface area contributed by atoms with Gasteiger partial charge in [0.25, 0.3) is 0 Å². The van der Waals surface area contributed by atoms with Gasteiger partial charge in [-0.1, -0.05) is 0 Å². The lowest BCUT2D eigenvalue weighted by molar-refractivity contribution is 0.607. The summed E-state index contributed by atoms with van der Waals surface area (Å²) in [5.74, 6) is 1.19. The van der Waals surface area contributed by atoms with Gasteiger partial charge in [0.1, 0.15) is 11.6 Å². The van der Waals surface area contributed by atoms with Crippen LogP contribution in [0.5, 0.6) is 0 Å². The number of rotatable bonds is 2. The number of nitrogens with two attached hydrogens (primary N) is 2. The lowest BCUT2D eigenvalue weighted by Gasteiger charge is -2.24. The van der Waals surface area contributed by atoms with Gasteiger partial charge in [-0.3, -0.25) is 0 Å². The third-order valence-corrected chi connectivity index (χ3v) is 4.33. The molecular weight excluding hydrogens is 244 g/mol. The zero-order valence-electron chi connectivity index (χ0n) is 10.0. The fraction of sp³-hybridized carbons (Fsp3) is 0.308. The van der Waals surface area contributed by atoms with Gasteiger partial charge in [-0.2, -0.15) is 0 Å². The van der Waals surface area contributed by atoms with Crippen LogP contribution < -0.4 is 16.8 Å². The maximum Gasteiger partial charge on any atom is 0.149 e. The highest BCUT2D eigenvalue weighted by molar-refractivity contribution is 7.10. The monoisotopic (exact) mass is 260 g/mol. The van der Waals surface area contributed by atoms with Crippen LogP contribution in [-0.4, -0.2) is 4.98 Å². The van der Waals surface area contributed by atoms with Crippen LogP contribution in [0.4, 0.5) is 17.3 Å². The molecule has 0 aromatic carbocycles. The summed E-state index contributed by atoms with van der Waals surface area (Å²) in [4.78, 5) is 5.76. The Bertz CT molecular complexity index is 564. The summed E-state index contributed by atoms with van der Waals surface area (Å²) >= 11 is 1.84. The molecule has 5 N–H and O–H groups in total. The SMILES string of the molecule is Nc1ccc(NC2CCCc3sccc32)nc1N. The van der Waals surface area contributed by atoms with Gasteiger partial charge in [0.2, 0.25) is 0 Å². The molecule has 0 aliphatic heterocycles. The van der Waals surface area contributed by atoms with Crippen molar-refractivity contribution in [3.63, 3.8) is 0 Å². The number of aryl methyl sites for hydroxylation is 1. The van der Waals surface area contributed by atoms with Crippen molar-refractivity contribution in [1.82, 2.24) is 4.98 Å². The average molecular weight is 260 g/mol. The number of nitrogens with zero attached hydrogens (tertiary/aromatic N) is 1. The zero-order chi connectivity index (χ0) is 12.5. The summed E-state index contributed by atoms with van der Waals surface area (Å²) in [5, 5.41) is 5.61. The molecule has 94 valence electrons. The fourth-order valence-electron chi connectivity index (χ4n) is 2.38. The van der Waals surface area contributed by atoms with Gasteiger partial charge >= 0.3 is 0 Å². The topological polar surface area (TPSA) is 77.0 Å². The van der Waals surface area contributed by atoms with Gasteiger partial charge in [0, 0.05) is 4.88 Å². The Balaban J connectivity index is 1.84. The number of hydrogen-bond donors (Lipinski definition) is 3. The van der Waals surface area contributed by atoms with E-state index in [1.165, 1.54) is 23.3 Å². The van der Waals surface area contributed by atoms with Crippen molar-refractivity contribution >= 4 is 28.7 Å². The number of thiophene rings is 1. The van der Waals surface area contributed by atoms with Gasteiger partial charge in [0.05, 0.1) is 11.7 Å². The maximum absolute atomic E-state index is 5.73. The fourth-order valence-corrected chi connectivity index (χ4v) is 3.37. The van der Waals surface area contributed by atoms with Crippen LogP contribution in [0.2, 0.25) is 0 Å². The van der Waals surface area contributed by atoms with E-state index in [0.29, 0.717) is 17.5 Å². The van der Waals surface area contributed by atoms with Gasteiger partial charge < -0.3 is 16.8 Å². The lowest BCUT2D eigenvalue weighted by atomic mass is 9.94. The van der Waals surface area contributed by atoms with Crippen molar-refractivity contribution in [2.45, 2.75) is 25.3 Å². The number of nitrogen functional groups attached to an aromatic ring is 2. The van der Waals surface area contributed by atoms with E-state index >= 15 is 0 Å². The first-order valence-corrected chi connectivity index (χ1v) is 6.97. The molecule has 3 rings (SSSR count). The number of anilines is 3. The first-order valence-electron chi connectivity index (χ1n) is 6.09. The molecule has 2 heterocycles. The molecule has 0 spiro atoms. The van der Waals surface area contributed by atoms with Crippen molar-refractivity contribution in [3.05, 3.63) is 34.0 Å². The predicted molar refractivity (Wildman–Crippen MR) is 76.7 cm³/mol. The first kappa shape index (κ1) is 11.3. The Kier molecular flexibility index (Phi) is 2.83. The number of fused-ring (bicyclic) bond motifs is 1. The molecule has 1 aliphatic carbocycles. The van der Waals surface area contributed by atoms with Crippen LogP contribution in [0.3, 0.4) is 0 Å². The Hall–Kier alpha value is -1.75. The Morgan fingerprint density at radius 1 is 1.28 bits per heavy atom. The third-order valence-electron chi connectivity index (χ3n) is 3.33. The summed E-state index contributed by atoms with van der Waals surface area (Å²) in [6.45, 7) is 0. The first-order chi connectivity index (χ1) is 8.74. The molecular formula is C13H16N4S. The molecule has 0 radical (unpaired) electrons. The van der Waals surface area contributed by atoms with Crippen LogP contribution in [0.25, 0.3) is 0 Å². The summed E-state index contributed by atoms with van der Waals surface area (Å²) in [5.41, 5.74) is 13.3. The number of aromatic nitrogens is 1. The molecule has 18 heavy (non-hydrogen) atoms. The van der Waals surface area contributed by atoms with Crippen LogP contribution in [0.15, 0.2) is 23.6 Å². The second-order valence-electron chi connectivity index (χ2n) is 4.56. The van der Waals surface area contributed by atoms with Gasteiger partial charge in [-0.05, 0) is 48.4 Å². The standard InChI is InChI=1S/C13H16N4S/c14-9-4-5-12(17-13(9)15)16-10-2-1-3-11-8(10)6-7-18-11/h4-7,10H,1-3,14H2,(H3,15,16,17). The van der Waals surface area contributed by atoms with E-state index in [9.17, 15) is 0 Å². The second-order valence-corrected chi connectivity index (χ2v) is 5.56. The molecule has 0 bridgehead atoms. The molecule has 1 unspecified atom stereocenters. The predicted octanol–water partition coefficient (Wildman–Crippen LogP) is 2.80. The van der Waals surface area contributed by atoms with Crippen molar-refractivity contribution in [2.24, 2.45) is 0 Å². The summed E-state index contributed by atoms with van der Waals surface area (Å²) in [7, 11) is 0. The molecule has 2 aromatic heterocycles. The third kappa shape index (κ3) is 2.01. The Morgan fingerprint density at radius 3 is 3.00 bits per heavy atom. The Labute approximate surface area is 110 Å². The minimum absolute atomic E-state index is 0.343. The van der Waals surface area contributed by atoms with E-state index in [1.807, 2.05) is 17.4 Å².